The molecule has 5 heteroatoms. The van der Waals surface area contributed by atoms with Gasteiger partial charge in [0.25, 0.3) is 0 Å². The van der Waals surface area contributed by atoms with Crippen molar-refractivity contribution < 1.29 is 4.39 Å². The highest BCUT2D eigenvalue weighted by atomic mass is 35.5. The highest BCUT2D eigenvalue weighted by Gasteiger charge is 2.19. The van der Waals surface area contributed by atoms with Gasteiger partial charge >= 0.3 is 0 Å². The standard InChI is InChI=1S/C14H15Cl2FN2/c1-2-5-19-6-3-10(4-7-19)18-11-8-12(15)14(17)13(16)9-11/h1,8-10,18H,3-7H2. The van der Waals surface area contributed by atoms with Gasteiger partial charge in [-0.3, -0.25) is 4.90 Å². The topological polar surface area (TPSA) is 15.3 Å². The van der Waals surface area contributed by atoms with Crippen LogP contribution in [0.5, 0.6) is 0 Å². The molecule has 0 unspecified atom stereocenters. The fourth-order valence-corrected chi connectivity index (χ4v) is 2.73. The van der Waals surface area contributed by atoms with Crippen LogP contribution in [0.1, 0.15) is 12.8 Å². The van der Waals surface area contributed by atoms with E-state index in [4.69, 9.17) is 29.6 Å². The monoisotopic (exact) mass is 300 g/mol. The Morgan fingerprint density at radius 2 is 1.89 bits per heavy atom. The molecule has 102 valence electrons. The van der Waals surface area contributed by atoms with E-state index in [1.165, 1.54) is 0 Å². The molecule has 2 rings (SSSR count). The van der Waals surface area contributed by atoms with E-state index >= 15 is 0 Å². The Morgan fingerprint density at radius 3 is 2.42 bits per heavy atom. The van der Waals surface area contributed by atoms with Crippen molar-refractivity contribution in [3.8, 4) is 12.3 Å². The van der Waals surface area contributed by atoms with Crippen molar-refractivity contribution in [3.05, 3.63) is 28.0 Å². The van der Waals surface area contributed by atoms with Gasteiger partial charge in [-0.1, -0.05) is 29.1 Å². The summed E-state index contributed by atoms with van der Waals surface area (Å²) in [5, 5.41) is 3.42. The van der Waals surface area contributed by atoms with Crippen LogP contribution in [0, 0.1) is 18.2 Å². The summed E-state index contributed by atoms with van der Waals surface area (Å²) in [5.41, 5.74) is 0.756. The van der Waals surface area contributed by atoms with Crippen LogP contribution >= 0.6 is 23.2 Å². The van der Waals surface area contributed by atoms with Gasteiger partial charge in [0.2, 0.25) is 0 Å². The predicted molar refractivity (Wildman–Crippen MR) is 78.3 cm³/mol. The number of terminal acetylenes is 1. The van der Waals surface area contributed by atoms with E-state index in [2.05, 4.69) is 16.1 Å². The Labute approximate surface area is 122 Å². The fraction of sp³-hybridized carbons (Fsp3) is 0.429. The molecule has 1 N–H and O–H groups in total. The number of anilines is 1. The first-order chi connectivity index (χ1) is 9.10. The number of nitrogens with zero attached hydrogens (tertiary/aromatic N) is 1. The van der Waals surface area contributed by atoms with Gasteiger partial charge < -0.3 is 5.32 Å². The molecule has 2 nitrogen and oxygen atoms in total. The highest BCUT2D eigenvalue weighted by molar-refractivity contribution is 6.35. The Morgan fingerprint density at radius 1 is 1.32 bits per heavy atom. The molecule has 1 heterocycles. The molecular weight excluding hydrogens is 286 g/mol. The second kappa shape index (κ2) is 6.47. The third kappa shape index (κ3) is 3.76. The molecule has 1 aromatic rings. The van der Waals surface area contributed by atoms with E-state index < -0.39 is 5.82 Å². The van der Waals surface area contributed by atoms with Gasteiger partial charge in [0.1, 0.15) is 0 Å². The molecular formula is C14H15Cl2FN2. The Hall–Kier alpha value is -0.950. The lowest BCUT2D eigenvalue weighted by molar-refractivity contribution is 0.243. The third-order valence-electron chi connectivity index (χ3n) is 3.26. The van der Waals surface area contributed by atoms with Crippen molar-refractivity contribution in [1.82, 2.24) is 4.90 Å². The Bertz CT molecular complexity index is 468. The summed E-state index contributed by atoms with van der Waals surface area (Å²) >= 11 is 11.5. The lowest BCUT2D eigenvalue weighted by Crippen LogP contribution is -2.39. The lowest BCUT2D eigenvalue weighted by Gasteiger charge is -2.31. The maximum atomic E-state index is 13.3. The number of nitrogens with one attached hydrogen (secondary N) is 1. The highest BCUT2D eigenvalue weighted by Crippen LogP contribution is 2.28. The average molecular weight is 301 g/mol. The van der Waals surface area contributed by atoms with Crippen LogP contribution in [0.3, 0.4) is 0 Å². The van der Waals surface area contributed by atoms with Crippen molar-refractivity contribution >= 4 is 28.9 Å². The van der Waals surface area contributed by atoms with E-state index in [9.17, 15) is 4.39 Å². The van der Waals surface area contributed by atoms with Crippen LogP contribution in [0.2, 0.25) is 10.0 Å². The quantitative estimate of drug-likeness (QED) is 0.677. The van der Waals surface area contributed by atoms with E-state index in [1.54, 1.807) is 12.1 Å². The summed E-state index contributed by atoms with van der Waals surface area (Å²) in [5.74, 6) is 2.08. The van der Waals surface area contributed by atoms with Crippen molar-refractivity contribution in [2.45, 2.75) is 18.9 Å². The van der Waals surface area contributed by atoms with Gasteiger partial charge in [0.15, 0.2) is 5.82 Å². The van der Waals surface area contributed by atoms with E-state index in [0.29, 0.717) is 12.6 Å². The van der Waals surface area contributed by atoms with Gasteiger partial charge in [-0.05, 0) is 25.0 Å². The molecule has 1 aromatic carbocycles. The molecule has 0 radical (unpaired) electrons. The summed E-state index contributed by atoms with van der Waals surface area (Å²) in [6, 6.07) is 3.47. The molecule has 0 saturated carbocycles. The Kier molecular flexibility index (Phi) is 4.93. The average Bonchev–Trinajstić information content (AvgIpc) is 2.38. The molecule has 1 aliphatic heterocycles. The normalized spacial score (nSPS) is 17.2. The van der Waals surface area contributed by atoms with Crippen LogP contribution < -0.4 is 5.32 Å². The second-order valence-electron chi connectivity index (χ2n) is 4.65. The number of piperidine rings is 1. The molecule has 19 heavy (non-hydrogen) atoms. The molecule has 0 amide bonds. The van der Waals surface area contributed by atoms with Gasteiger partial charge in [-0.2, -0.15) is 0 Å². The maximum absolute atomic E-state index is 13.3. The molecule has 1 aliphatic rings. The second-order valence-corrected chi connectivity index (χ2v) is 5.47. The van der Waals surface area contributed by atoms with Gasteiger partial charge in [-0.15, -0.1) is 6.42 Å². The number of rotatable bonds is 3. The van der Waals surface area contributed by atoms with Gasteiger partial charge in [0, 0.05) is 24.8 Å². The van der Waals surface area contributed by atoms with Crippen LogP contribution in [-0.2, 0) is 0 Å². The van der Waals surface area contributed by atoms with Crippen molar-refractivity contribution in [2.75, 3.05) is 25.0 Å². The predicted octanol–water partition coefficient (Wildman–Crippen LogP) is 3.64. The fourth-order valence-electron chi connectivity index (χ4n) is 2.24. The third-order valence-corrected chi connectivity index (χ3v) is 3.81. The lowest BCUT2D eigenvalue weighted by atomic mass is 10.0. The SMILES string of the molecule is C#CCN1CCC(Nc2cc(Cl)c(F)c(Cl)c2)CC1. The molecule has 0 spiro atoms. The van der Waals surface area contributed by atoms with Crippen LogP contribution in [0.25, 0.3) is 0 Å². The number of hydrogen-bond acceptors (Lipinski definition) is 2. The molecule has 0 aromatic heterocycles. The smallest absolute Gasteiger partial charge is 0.160 e. The molecule has 0 aliphatic carbocycles. The number of likely N-dealkylation sites (tertiary alicyclic amines) is 1. The molecule has 1 fully saturated rings. The number of halogens is 3. The first-order valence-electron chi connectivity index (χ1n) is 6.17. The van der Waals surface area contributed by atoms with E-state index in [1.807, 2.05) is 0 Å². The zero-order valence-corrected chi connectivity index (χ0v) is 11.9. The minimum absolute atomic E-state index is 0.0415. The zero-order chi connectivity index (χ0) is 13.8. The van der Waals surface area contributed by atoms with Gasteiger partial charge in [0.05, 0.1) is 16.6 Å². The minimum Gasteiger partial charge on any atom is -0.382 e. The van der Waals surface area contributed by atoms with Crippen molar-refractivity contribution in [2.24, 2.45) is 0 Å². The summed E-state index contributed by atoms with van der Waals surface area (Å²) in [6.45, 7) is 2.62. The van der Waals surface area contributed by atoms with Gasteiger partial charge in [-0.25, -0.2) is 4.39 Å². The van der Waals surface area contributed by atoms with E-state index in [-0.39, 0.29) is 10.0 Å². The number of hydrogen-bond donors (Lipinski definition) is 1. The first-order valence-corrected chi connectivity index (χ1v) is 6.92. The van der Waals surface area contributed by atoms with Crippen LogP contribution in [0.15, 0.2) is 12.1 Å². The number of benzene rings is 1. The van der Waals surface area contributed by atoms with Crippen LogP contribution in [-0.4, -0.2) is 30.6 Å². The summed E-state index contributed by atoms with van der Waals surface area (Å²) in [7, 11) is 0. The molecule has 0 bridgehead atoms. The van der Waals surface area contributed by atoms with Crippen molar-refractivity contribution in [3.63, 3.8) is 0 Å². The molecule has 1 saturated heterocycles. The largest absolute Gasteiger partial charge is 0.382 e. The molecule has 0 atom stereocenters. The zero-order valence-electron chi connectivity index (χ0n) is 10.4. The van der Waals surface area contributed by atoms with Crippen molar-refractivity contribution in [1.29, 1.82) is 0 Å². The summed E-state index contributed by atoms with van der Waals surface area (Å²) < 4.78 is 13.3. The summed E-state index contributed by atoms with van der Waals surface area (Å²) in [6.07, 6.45) is 7.28. The minimum atomic E-state index is -0.572. The van der Waals surface area contributed by atoms with Crippen LogP contribution in [0.4, 0.5) is 10.1 Å². The first kappa shape index (κ1) is 14.5. The van der Waals surface area contributed by atoms with E-state index in [0.717, 1.165) is 31.6 Å². The summed E-state index contributed by atoms with van der Waals surface area (Å²) in [4.78, 5) is 2.24. The Balaban J connectivity index is 1.94. The maximum Gasteiger partial charge on any atom is 0.160 e.